The second kappa shape index (κ2) is 6.68. The molecule has 1 N–H and O–H groups in total. The lowest BCUT2D eigenvalue weighted by Gasteiger charge is -2.24. The van der Waals surface area contributed by atoms with E-state index in [9.17, 15) is 9.59 Å². The SMILES string of the molecule is COc1ncccc1CN1C(=O)N[C@](C)(c2ccc(C(C)(C)C)cc2)C1=O. The summed E-state index contributed by atoms with van der Waals surface area (Å²) in [6.45, 7) is 8.25. The molecule has 27 heavy (non-hydrogen) atoms. The molecule has 1 fully saturated rings. The molecule has 1 atom stereocenters. The van der Waals surface area contributed by atoms with Crippen LogP contribution in [0, 0.1) is 0 Å². The number of nitrogens with zero attached hydrogens (tertiary/aromatic N) is 2. The summed E-state index contributed by atoms with van der Waals surface area (Å²) >= 11 is 0. The van der Waals surface area contributed by atoms with Crippen LogP contribution < -0.4 is 10.1 Å². The van der Waals surface area contributed by atoms with Gasteiger partial charge in [0.25, 0.3) is 5.91 Å². The highest BCUT2D eigenvalue weighted by atomic mass is 16.5. The molecule has 2 heterocycles. The summed E-state index contributed by atoms with van der Waals surface area (Å²) in [6.07, 6.45) is 1.61. The highest BCUT2D eigenvalue weighted by Gasteiger charge is 2.49. The smallest absolute Gasteiger partial charge is 0.325 e. The highest BCUT2D eigenvalue weighted by molar-refractivity contribution is 6.07. The van der Waals surface area contributed by atoms with Gasteiger partial charge in [-0.25, -0.2) is 9.78 Å². The maximum absolute atomic E-state index is 13.1. The van der Waals surface area contributed by atoms with E-state index in [1.807, 2.05) is 24.3 Å². The third-order valence-electron chi connectivity index (χ3n) is 4.98. The molecule has 0 saturated carbocycles. The first-order valence-corrected chi connectivity index (χ1v) is 8.90. The predicted molar refractivity (Wildman–Crippen MR) is 102 cm³/mol. The van der Waals surface area contributed by atoms with Crippen molar-refractivity contribution < 1.29 is 14.3 Å². The molecule has 1 aromatic heterocycles. The van der Waals surface area contributed by atoms with Gasteiger partial charge in [0, 0.05) is 11.8 Å². The largest absolute Gasteiger partial charge is 0.481 e. The Hall–Kier alpha value is -2.89. The number of urea groups is 1. The summed E-state index contributed by atoms with van der Waals surface area (Å²) in [5, 5.41) is 2.84. The zero-order valence-electron chi connectivity index (χ0n) is 16.4. The van der Waals surface area contributed by atoms with E-state index in [-0.39, 0.29) is 17.9 Å². The van der Waals surface area contributed by atoms with Crippen molar-refractivity contribution in [1.29, 1.82) is 0 Å². The Morgan fingerprint density at radius 1 is 1.15 bits per heavy atom. The Morgan fingerprint density at radius 2 is 1.81 bits per heavy atom. The molecule has 1 aliphatic heterocycles. The normalized spacial score (nSPS) is 20.0. The van der Waals surface area contributed by atoms with E-state index < -0.39 is 11.6 Å². The summed E-state index contributed by atoms with van der Waals surface area (Å²) in [7, 11) is 1.51. The number of imide groups is 1. The first-order chi connectivity index (χ1) is 12.7. The number of hydrogen-bond acceptors (Lipinski definition) is 4. The van der Waals surface area contributed by atoms with Crippen molar-refractivity contribution in [3.8, 4) is 5.88 Å². The van der Waals surface area contributed by atoms with Gasteiger partial charge in [0.15, 0.2) is 0 Å². The number of benzene rings is 1. The lowest BCUT2D eigenvalue weighted by atomic mass is 9.84. The molecule has 2 aromatic rings. The monoisotopic (exact) mass is 367 g/mol. The Kier molecular flexibility index (Phi) is 4.68. The van der Waals surface area contributed by atoms with Crippen LogP contribution >= 0.6 is 0 Å². The van der Waals surface area contributed by atoms with Crippen LogP contribution in [0.15, 0.2) is 42.6 Å². The van der Waals surface area contributed by atoms with Gasteiger partial charge in [-0.1, -0.05) is 51.1 Å². The molecule has 6 heteroatoms. The molecular weight excluding hydrogens is 342 g/mol. The van der Waals surface area contributed by atoms with E-state index in [1.165, 1.54) is 17.6 Å². The summed E-state index contributed by atoms with van der Waals surface area (Å²) in [6, 6.07) is 11.0. The van der Waals surface area contributed by atoms with Crippen LogP contribution in [-0.4, -0.2) is 28.9 Å². The van der Waals surface area contributed by atoms with Crippen molar-refractivity contribution in [1.82, 2.24) is 15.2 Å². The lowest BCUT2D eigenvalue weighted by molar-refractivity contribution is -0.131. The summed E-state index contributed by atoms with van der Waals surface area (Å²) in [5.41, 5.74) is 1.53. The average molecular weight is 367 g/mol. The summed E-state index contributed by atoms with van der Waals surface area (Å²) in [5.74, 6) is 0.114. The fourth-order valence-corrected chi connectivity index (χ4v) is 3.24. The molecule has 1 aliphatic rings. The molecule has 142 valence electrons. The Morgan fingerprint density at radius 3 is 2.41 bits per heavy atom. The minimum atomic E-state index is -1.09. The number of carbonyl (C=O) groups is 2. The molecular formula is C21H25N3O3. The fourth-order valence-electron chi connectivity index (χ4n) is 3.24. The second-order valence-corrected chi connectivity index (χ2v) is 7.95. The molecule has 0 bridgehead atoms. The number of nitrogens with one attached hydrogen (secondary N) is 1. The van der Waals surface area contributed by atoms with Crippen molar-refractivity contribution in [2.75, 3.05) is 7.11 Å². The van der Waals surface area contributed by atoms with E-state index in [0.29, 0.717) is 11.4 Å². The van der Waals surface area contributed by atoms with Crippen LogP contribution in [0.3, 0.4) is 0 Å². The highest BCUT2D eigenvalue weighted by Crippen LogP contribution is 2.32. The van der Waals surface area contributed by atoms with Crippen LogP contribution in [-0.2, 0) is 22.3 Å². The van der Waals surface area contributed by atoms with Gasteiger partial charge < -0.3 is 10.1 Å². The maximum atomic E-state index is 13.1. The van der Waals surface area contributed by atoms with Gasteiger partial charge in [0.2, 0.25) is 5.88 Å². The van der Waals surface area contributed by atoms with Crippen LogP contribution in [0.5, 0.6) is 5.88 Å². The zero-order valence-corrected chi connectivity index (χ0v) is 16.4. The standard InChI is InChI=1S/C21H25N3O3/c1-20(2,3)15-8-10-16(11-9-15)21(4)18(25)24(19(26)23-21)13-14-7-6-12-22-17(14)27-5/h6-12H,13H2,1-5H3,(H,23,26)/t21-/m1/s1. The summed E-state index contributed by atoms with van der Waals surface area (Å²) < 4.78 is 5.23. The van der Waals surface area contributed by atoms with Crippen LogP contribution in [0.25, 0.3) is 0 Å². The Labute approximate surface area is 159 Å². The topological polar surface area (TPSA) is 71.5 Å². The molecule has 0 aliphatic carbocycles. The number of carbonyl (C=O) groups excluding carboxylic acids is 2. The van der Waals surface area contributed by atoms with Gasteiger partial charge in [-0.15, -0.1) is 0 Å². The molecule has 0 spiro atoms. The quantitative estimate of drug-likeness (QED) is 0.841. The minimum absolute atomic E-state index is 0.0191. The molecule has 1 aromatic carbocycles. The third-order valence-corrected chi connectivity index (χ3v) is 4.98. The number of methoxy groups -OCH3 is 1. The van der Waals surface area contributed by atoms with E-state index in [2.05, 4.69) is 31.1 Å². The van der Waals surface area contributed by atoms with Crippen molar-refractivity contribution in [3.05, 3.63) is 59.3 Å². The van der Waals surface area contributed by atoms with Crippen LogP contribution in [0.2, 0.25) is 0 Å². The van der Waals surface area contributed by atoms with Crippen LogP contribution in [0.1, 0.15) is 44.4 Å². The first-order valence-electron chi connectivity index (χ1n) is 8.90. The number of amides is 3. The summed E-state index contributed by atoms with van der Waals surface area (Å²) in [4.78, 5) is 31.0. The zero-order chi connectivity index (χ0) is 19.8. The number of rotatable bonds is 4. The fraction of sp³-hybridized carbons (Fsp3) is 0.381. The lowest BCUT2D eigenvalue weighted by Crippen LogP contribution is -2.40. The molecule has 0 radical (unpaired) electrons. The second-order valence-electron chi connectivity index (χ2n) is 7.95. The molecule has 3 amide bonds. The van der Waals surface area contributed by atoms with Gasteiger partial charge in [-0.2, -0.15) is 0 Å². The number of aromatic nitrogens is 1. The maximum Gasteiger partial charge on any atom is 0.325 e. The van der Waals surface area contributed by atoms with Crippen molar-refractivity contribution in [2.24, 2.45) is 0 Å². The van der Waals surface area contributed by atoms with Crippen molar-refractivity contribution in [2.45, 2.75) is 45.2 Å². The predicted octanol–water partition coefficient (Wildman–Crippen LogP) is 3.35. The molecule has 6 nitrogen and oxygen atoms in total. The number of pyridine rings is 1. The number of ether oxygens (including phenoxy) is 1. The number of hydrogen-bond donors (Lipinski definition) is 1. The van der Waals surface area contributed by atoms with Crippen molar-refractivity contribution >= 4 is 11.9 Å². The van der Waals surface area contributed by atoms with E-state index >= 15 is 0 Å². The van der Waals surface area contributed by atoms with Gasteiger partial charge >= 0.3 is 6.03 Å². The molecule has 1 saturated heterocycles. The van der Waals surface area contributed by atoms with Gasteiger partial charge in [0.1, 0.15) is 5.54 Å². The molecule has 0 unspecified atom stereocenters. The average Bonchev–Trinajstić information content (AvgIpc) is 2.86. The van der Waals surface area contributed by atoms with E-state index in [0.717, 1.165) is 5.56 Å². The van der Waals surface area contributed by atoms with Gasteiger partial charge in [-0.05, 0) is 29.5 Å². The first kappa shape index (κ1) is 18.9. The van der Waals surface area contributed by atoms with Crippen LogP contribution in [0.4, 0.5) is 4.79 Å². The Bertz CT molecular complexity index is 871. The molecule has 3 rings (SSSR count). The van der Waals surface area contributed by atoms with E-state index in [4.69, 9.17) is 4.74 Å². The Balaban J connectivity index is 1.88. The van der Waals surface area contributed by atoms with Crippen molar-refractivity contribution in [3.63, 3.8) is 0 Å². The minimum Gasteiger partial charge on any atom is -0.481 e. The van der Waals surface area contributed by atoms with Gasteiger partial charge in [-0.3, -0.25) is 9.69 Å². The van der Waals surface area contributed by atoms with Gasteiger partial charge in [0.05, 0.1) is 13.7 Å². The van der Waals surface area contributed by atoms with E-state index in [1.54, 1.807) is 25.3 Å². The third kappa shape index (κ3) is 3.39.